The van der Waals surface area contributed by atoms with E-state index in [4.69, 9.17) is 0 Å². The number of carbonyl (C=O) groups is 1. The van der Waals surface area contributed by atoms with Crippen LogP contribution in [0.1, 0.15) is 36.6 Å². The van der Waals surface area contributed by atoms with E-state index >= 15 is 0 Å². The zero-order valence-electron chi connectivity index (χ0n) is 12.3. The summed E-state index contributed by atoms with van der Waals surface area (Å²) in [4.78, 5) is 18.8. The van der Waals surface area contributed by atoms with Crippen molar-refractivity contribution in [2.45, 2.75) is 43.9 Å². The largest absolute Gasteiger partial charge is 0.331 e. The van der Waals surface area contributed by atoms with Crippen molar-refractivity contribution in [2.75, 3.05) is 0 Å². The number of rotatable bonds is 5. The van der Waals surface area contributed by atoms with Gasteiger partial charge in [-0.05, 0) is 30.5 Å². The van der Waals surface area contributed by atoms with Crippen LogP contribution in [0.15, 0.2) is 36.8 Å². The lowest BCUT2D eigenvalue weighted by atomic mass is 10.0. The highest BCUT2D eigenvalue weighted by Gasteiger charge is 2.47. The first-order valence-electron chi connectivity index (χ1n) is 7.75. The molecule has 6 nitrogen and oxygen atoms in total. The molecule has 2 aromatic rings. The number of pyridine rings is 1. The molecule has 114 valence electrons. The maximum Gasteiger partial charge on any atom is 0.225 e. The van der Waals surface area contributed by atoms with E-state index in [9.17, 15) is 4.79 Å². The van der Waals surface area contributed by atoms with Gasteiger partial charge in [-0.3, -0.25) is 14.9 Å². The second kappa shape index (κ2) is 5.53. The number of hydrogen-bond donors (Lipinski definition) is 2. The second-order valence-electron chi connectivity index (χ2n) is 6.04. The van der Waals surface area contributed by atoms with Crippen molar-refractivity contribution in [3.63, 3.8) is 0 Å². The summed E-state index contributed by atoms with van der Waals surface area (Å²) in [5.74, 6) is 0.249. The van der Waals surface area contributed by atoms with Crippen molar-refractivity contribution < 1.29 is 4.79 Å². The molecule has 6 heteroatoms. The van der Waals surface area contributed by atoms with Gasteiger partial charge in [-0.2, -0.15) is 5.10 Å². The molecule has 2 N–H and O–H groups in total. The molecule has 1 saturated carbocycles. The molecule has 0 aromatic carbocycles. The summed E-state index contributed by atoms with van der Waals surface area (Å²) in [6, 6.07) is 6.56. The van der Waals surface area contributed by atoms with E-state index in [1.807, 2.05) is 18.3 Å². The fraction of sp³-hybridized carbons (Fsp3) is 0.438. The van der Waals surface area contributed by atoms with Gasteiger partial charge in [-0.25, -0.2) is 0 Å². The molecular formula is C16H19N5O. The third-order valence-corrected chi connectivity index (χ3v) is 4.44. The Morgan fingerprint density at radius 3 is 2.91 bits per heavy atom. The molecule has 1 amide bonds. The average molecular weight is 297 g/mol. The van der Waals surface area contributed by atoms with Crippen LogP contribution in [-0.2, 0) is 11.3 Å². The minimum Gasteiger partial charge on any atom is -0.331 e. The summed E-state index contributed by atoms with van der Waals surface area (Å²) in [6.45, 7) is 0.688. The van der Waals surface area contributed by atoms with Crippen LogP contribution in [0.5, 0.6) is 0 Å². The molecule has 2 fully saturated rings. The molecule has 0 unspecified atom stereocenters. The molecular weight excluding hydrogens is 278 g/mol. The summed E-state index contributed by atoms with van der Waals surface area (Å²) >= 11 is 0. The summed E-state index contributed by atoms with van der Waals surface area (Å²) in [5.41, 5.74) is 2.14. The Morgan fingerprint density at radius 1 is 1.32 bits per heavy atom. The molecule has 1 aliphatic heterocycles. The van der Waals surface area contributed by atoms with Crippen LogP contribution in [0.2, 0.25) is 0 Å². The molecule has 2 atom stereocenters. The van der Waals surface area contributed by atoms with Gasteiger partial charge in [0.1, 0.15) is 0 Å². The van der Waals surface area contributed by atoms with Crippen molar-refractivity contribution in [2.24, 2.45) is 0 Å². The van der Waals surface area contributed by atoms with Crippen molar-refractivity contribution in [1.82, 2.24) is 25.4 Å². The second-order valence-corrected chi connectivity index (χ2v) is 6.04. The Labute approximate surface area is 128 Å². The number of aromatic amines is 1. The molecule has 1 saturated heterocycles. The van der Waals surface area contributed by atoms with E-state index in [2.05, 4.69) is 31.5 Å². The minimum atomic E-state index is 0.0802. The molecule has 0 radical (unpaired) electrons. The molecule has 4 rings (SSSR count). The average Bonchev–Trinajstić information content (AvgIpc) is 3.13. The number of hydrogen-bond acceptors (Lipinski definition) is 4. The lowest BCUT2D eigenvalue weighted by Gasteiger charge is -2.29. The van der Waals surface area contributed by atoms with Gasteiger partial charge in [0.2, 0.25) is 5.91 Å². The van der Waals surface area contributed by atoms with Crippen LogP contribution in [0, 0.1) is 0 Å². The van der Waals surface area contributed by atoms with E-state index < -0.39 is 0 Å². The highest BCUT2D eigenvalue weighted by molar-refractivity contribution is 5.81. The van der Waals surface area contributed by atoms with Crippen LogP contribution < -0.4 is 5.32 Å². The highest BCUT2D eigenvalue weighted by atomic mass is 16.2. The first-order valence-corrected chi connectivity index (χ1v) is 7.75. The van der Waals surface area contributed by atoms with Crippen molar-refractivity contribution in [1.29, 1.82) is 0 Å². The lowest BCUT2D eigenvalue weighted by Crippen LogP contribution is -2.37. The van der Waals surface area contributed by atoms with Crippen LogP contribution in [0.3, 0.4) is 0 Å². The first kappa shape index (κ1) is 13.5. The topological polar surface area (TPSA) is 73.9 Å². The Balaban J connectivity index is 1.57. The third-order valence-electron chi connectivity index (χ3n) is 4.44. The standard InChI is InChI=1S/C16H19N5O/c22-15-8-14(18-10-12-5-7-19-20-12)16(21(15)13-3-4-13)11-2-1-6-17-9-11/h1-2,5-7,9,13-14,16,18H,3-4,8,10H2,(H,19,20)/t14-,16+/m1/s1. The van der Waals surface area contributed by atoms with E-state index in [0.29, 0.717) is 19.0 Å². The van der Waals surface area contributed by atoms with Crippen LogP contribution in [-0.4, -0.2) is 38.1 Å². The van der Waals surface area contributed by atoms with E-state index in [1.54, 1.807) is 12.4 Å². The summed E-state index contributed by atoms with van der Waals surface area (Å²) in [6.07, 6.45) is 8.18. The number of amides is 1. The fourth-order valence-electron chi connectivity index (χ4n) is 3.29. The number of likely N-dealkylation sites (tertiary alicyclic amines) is 1. The zero-order valence-corrected chi connectivity index (χ0v) is 12.3. The normalized spacial score (nSPS) is 24.9. The van der Waals surface area contributed by atoms with Crippen molar-refractivity contribution >= 4 is 5.91 Å². The quantitative estimate of drug-likeness (QED) is 0.875. The minimum absolute atomic E-state index is 0.0802. The van der Waals surface area contributed by atoms with E-state index in [-0.39, 0.29) is 18.0 Å². The Kier molecular flexibility index (Phi) is 3.38. The summed E-state index contributed by atoms with van der Waals surface area (Å²) in [7, 11) is 0. The molecule has 2 aromatic heterocycles. The highest BCUT2D eigenvalue weighted by Crippen LogP contribution is 2.41. The molecule has 0 spiro atoms. The monoisotopic (exact) mass is 297 g/mol. The van der Waals surface area contributed by atoms with Gasteiger partial charge in [-0.15, -0.1) is 0 Å². The third kappa shape index (κ3) is 2.50. The van der Waals surface area contributed by atoms with Crippen LogP contribution in [0.25, 0.3) is 0 Å². The van der Waals surface area contributed by atoms with Gasteiger partial charge < -0.3 is 10.2 Å². The van der Waals surface area contributed by atoms with Crippen LogP contribution in [0.4, 0.5) is 0 Å². The maximum atomic E-state index is 12.5. The maximum absolute atomic E-state index is 12.5. The van der Waals surface area contributed by atoms with E-state index in [1.165, 1.54) is 0 Å². The molecule has 3 heterocycles. The molecule has 1 aliphatic carbocycles. The SMILES string of the molecule is O=C1C[C@@H](NCc2ccn[nH]2)[C@H](c2cccnc2)N1C1CC1. The molecule has 22 heavy (non-hydrogen) atoms. The van der Waals surface area contributed by atoms with Gasteiger partial charge in [0.05, 0.1) is 6.04 Å². The van der Waals surface area contributed by atoms with Gasteiger partial charge >= 0.3 is 0 Å². The number of nitrogens with one attached hydrogen (secondary N) is 2. The Hall–Kier alpha value is -2.21. The van der Waals surface area contributed by atoms with Gasteiger partial charge in [0, 0.05) is 49.3 Å². The molecule has 0 bridgehead atoms. The number of aromatic nitrogens is 3. The summed E-state index contributed by atoms with van der Waals surface area (Å²) < 4.78 is 0. The van der Waals surface area contributed by atoms with Gasteiger partial charge in [0.15, 0.2) is 0 Å². The number of carbonyl (C=O) groups excluding carboxylic acids is 1. The lowest BCUT2D eigenvalue weighted by molar-refractivity contribution is -0.129. The predicted molar refractivity (Wildman–Crippen MR) is 80.7 cm³/mol. The fourth-order valence-corrected chi connectivity index (χ4v) is 3.29. The number of H-pyrrole nitrogens is 1. The summed E-state index contributed by atoms with van der Waals surface area (Å²) in [5, 5.41) is 10.4. The number of nitrogens with zero attached hydrogens (tertiary/aromatic N) is 3. The Morgan fingerprint density at radius 2 is 2.23 bits per heavy atom. The molecule has 2 aliphatic rings. The van der Waals surface area contributed by atoms with E-state index in [0.717, 1.165) is 24.1 Å². The van der Waals surface area contributed by atoms with Gasteiger partial charge in [-0.1, -0.05) is 6.07 Å². The first-order chi connectivity index (χ1) is 10.8. The predicted octanol–water partition coefficient (Wildman–Crippen LogP) is 1.40. The van der Waals surface area contributed by atoms with Crippen LogP contribution >= 0.6 is 0 Å². The smallest absolute Gasteiger partial charge is 0.225 e. The zero-order chi connectivity index (χ0) is 14.9. The Bertz CT molecular complexity index is 638. The van der Waals surface area contributed by atoms with Crippen molar-refractivity contribution in [3.05, 3.63) is 48.0 Å². The van der Waals surface area contributed by atoms with Crippen molar-refractivity contribution in [3.8, 4) is 0 Å². The van der Waals surface area contributed by atoms with Gasteiger partial charge in [0.25, 0.3) is 0 Å².